The maximum absolute atomic E-state index is 13.5. The number of hydrogen-bond donors (Lipinski definition) is 0. The van der Waals surface area contributed by atoms with Crippen molar-refractivity contribution < 1.29 is 22.4 Å². The normalized spacial score (nSPS) is 15.8. The number of carbonyl (C=O) groups is 1. The summed E-state index contributed by atoms with van der Waals surface area (Å²) >= 11 is 3.46. The molecular formula is C22H14BrF3N2O2. The van der Waals surface area contributed by atoms with Gasteiger partial charge >= 0.3 is 6.18 Å². The first-order chi connectivity index (χ1) is 14.2. The number of anilines is 1. The fourth-order valence-corrected chi connectivity index (χ4v) is 3.72. The summed E-state index contributed by atoms with van der Waals surface area (Å²) in [5, 5.41) is 4.28. The van der Waals surface area contributed by atoms with Gasteiger partial charge < -0.3 is 4.42 Å². The summed E-state index contributed by atoms with van der Waals surface area (Å²) in [7, 11) is 0. The maximum Gasteiger partial charge on any atom is 0.435 e. The maximum atomic E-state index is 13.5. The van der Waals surface area contributed by atoms with Gasteiger partial charge in [0.05, 0.1) is 11.3 Å². The van der Waals surface area contributed by atoms with Gasteiger partial charge in [-0.1, -0.05) is 40.2 Å². The average Bonchev–Trinajstić information content (AvgIpc) is 3.28. The van der Waals surface area contributed by atoms with Crippen LogP contribution in [-0.4, -0.2) is 17.8 Å². The van der Waals surface area contributed by atoms with E-state index < -0.39 is 23.4 Å². The molecule has 1 aromatic heterocycles. The molecule has 8 heteroatoms. The zero-order chi connectivity index (χ0) is 21.5. The molecule has 30 heavy (non-hydrogen) atoms. The van der Waals surface area contributed by atoms with Crippen LogP contribution in [0.25, 0.3) is 17.4 Å². The summed E-state index contributed by atoms with van der Waals surface area (Å²) in [5.74, 6) is -0.291. The Balaban J connectivity index is 1.73. The number of benzene rings is 2. The molecule has 152 valence electrons. The molecule has 4 nitrogen and oxygen atoms in total. The van der Waals surface area contributed by atoms with Gasteiger partial charge in [0, 0.05) is 10.0 Å². The zero-order valence-corrected chi connectivity index (χ0v) is 17.2. The fourth-order valence-electron chi connectivity index (χ4n) is 3.04. The lowest BCUT2D eigenvalue weighted by atomic mass is 10.1. The molecule has 0 bridgehead atoms. The lowest BCUT2D eigenvalue weighted by molar-refractivity contribution is -0.114. The Bertz CT molecular complexity index is 1180. The highest BCUT2D eigenvalue weighted by Crippen LogP contribution is 2.34. The molecule has 1 aliphatic heterocycles. The number of halogens is 4. The van der Waals surface area contributed by atoms with Crippen molar-refractivity contribution in [2.75, 3.05) is 5.01 Å². The third-order valence-corrected chi connectivity index (χ3v) is 5.11. The molecule has 4 rings (SSSR count). The van der Waals surface area contributed by atoms with Gasteiger partial charge in [-0.2, -0.15) is 23.3 Å². The summed E-state index contributed by atoms with van der Waals surface area (Å²) in [4.78, 5) is 12.7. The molecule has 0 atom stereocenters. The first kappa shape index (κ1) is 20.2. The van der Waals surface area contributed by atoms with Crippen LogP contribution in [0.2, 0.25) is 0 Å². The molecule has 1 amide bonds. The van der Waals surface area contributed by atoms with Gasteiger partial charge in [-0.25, -0.2) is 0 Å². The molecule has 0 unspecified atom stereocenters. The van der Waals surface area contributed by atoms with Crippen molar-refractivity contribution in [2.24, 2.45) is 5.10 Å². The first-order valence-electron chi connectivity index (χ1n) is 8.88. The molecule has 0 N–H and O–H groups in total. The van der Waals surface area contributed by atoms with Crippen LogP contribution in [0.4, 0.5) is 18.9 Å². The van der Waals surface area contributed by atoms with Gasteiger partial charge in [0.2, 0.25) is 0 Å². The Morgan fingerprint density at radius 1 is 1.07 bits per heavy atom. The number of para-hydroxylation sites is 1. The lowest BCUT2D eigenvalue weighted by Gasteiger charge is -2.10. The number of carbonyl (C=O) groups excluding carboxylic acids is 1. The molecule has 0 radical (unpaired) electrons. The van der Waals surface area contributed by atoms with Crippen molar-refractivity contribution in [2.45, 2.75) is 13.1 Å². The van der Waals surface area contributed by atoms with Crippen molar-refractivity contribution in [1.82, 2.24) is 0 Å². The molecule has 0 spiro atoms. The predicted molar refractivity (Wildman–Crippen MR) is 112 cm³/mol. The number of hydrogen-bond acceptors (Lipinski definition) is 3. The number of nitrogens with zero attached hydrogens (tertiary/aromatic N) is 2. The van der Waals surface area contributed by atoms with Gasteiger partial charge in [0.15, 0.2) is 5.71 Å². The summed E-state index contributed by atoms with van der Waals surface area (Å²) in [6.45, 7) is 1.94. The lowest BCUT2D eigenvalue weighted by Crippen LogP contribution is -2.25. The van der Waals surface area contributed by atoms with Crippen LogP contribution in [0.5, 0.6) is 0 Å². The second kappa shape index (κ2) is 7.60. The van der Waals surface area contributed by atoms with E-state index in [1.165, 1.54) is 18.2 Å². The Kier molecular flexibility index (Phi) is 5.11. The van der Waals surface area contributed by atoms with Crippen molar-refractivity contribution in [3.63, 3.8) is 0 Å². The average molecular weight is 475 g/mol. The molecule has 0 fully saturated rings. The molecule has 3 aromatic rings. The second-order valence-corrected chi connectivity index (χ2v) is 7.50. The Morgan fingerprint density at radius 2 is 1.80 bits per heavy atom. The predicted octanol–water partition coefficient (Wildman–Crippen LogP) is 6.37. The third kappa shape index (κ3) is 3.82. The quantitative estimate of drug-likeness (QED) is 0.414. The zero-order valence-electron chi connectivity index (χ0n) is 15.6. The smallest absolute Gasteiger partial charge is 0.435 e. The Hall–Kier alpha value is -3.13. The monoisotopic (exact) mass is 474 g/mol. The number of furan rings is 1. The van der Waals surface area contributed by atoms with E-state index >= 15 is 0 Å². The van der Waals surface area contributed by atoms with Crippen LogP contribution in [0.15, 0.2) is 80.2 Å². The summed E-state index contributed by atoms with van der Waals surface area (Å²) in [6.07, 6.45) is -3.72. The molecule has 0 saturated carbocycles. The van der Waals surface area contributed by atoms with Gasteiger partial charge in [-0.05, 0) is 55.0 Å². The van der Waals surface area contributed by atoms with Crippen molar-refractivity contribution >= 4 is 39.3 Å². The summed E-state index contributed by atoms with van der Waals surface area (Å²) in [6, 6.07) is 16.8. The minimum atomic E-state index is -4.79. The van der Waals surface area contributed by atoms with Crippen LogP contribution < -0.4 is 5.01 Å². The van der Waals surface area contributed by atoms with Crippen LogP contribution in [0, 0.1) is 6.92 Å². The molecule has 2 aromatic carbocycles. The van der Waals surface area contributed by atoms with Crippen LogP contribution in [0.3, 0.4) is 0 Å². The van der Waals surface area contributed by atoms with Gasteiger partial charge in [-0.15, -0.1) is 0 Å². The first-order valence-corrected chi connectivity index (χ1v) is 9.67. The minimum Gasteiger partial charge on any atom is -0.457 e. The number of alkyl halides is 3. The number of rotatable bonds is 3. The summed E-state index contributed by atoms with van der Waals surface area (Å²) < 4.78 is 47.1. The van der Waals surface area contributed by atoms with E-state index in [0.717, 1.165) is 26.7 Å². The third-order valence-electron chi connectivity index (χ3n) is 4.45. The van der Waals surface area contributed by atoms with Crippen LogP contribution in [-0.2, 0) is 4.79 Å². The highest BCUT2D eigenvalue weighted by molar-refractivity contribution is 9.10. The van der Waals surface area contributed by atoms with Crippen LogP contribution >= 0.6 is 15.9 Å². The van der Waals surface area contributed by atoms with Gasteiger partial charge in [-0.3, -0.25) is 4.79 Å². The van der Waals surface area contributed by atoms with E-state index in [0.29, 0.717) is 5.76 Å². The van der Waals surface area contributed by atoms with E-state index in [-0.39, 0.29) is 11.4 Å². The molecular weight excluding hydrogens is 461 g/mol. The molecule has 1 aliphatic rings. The van der Waals surface area contributed by atoms with Crippen molar-refractivity contribution in [3.8, 4) is 11.3 Å². The van der Waals surface area contributed by atoms with Crippen molar-refractivity contribution in [1.29, 1.82) is 0 Å². The summed E-state index contributed by atoms with van der Waals surface area (Å²) in [5.41, 5.74) is 0.208. The largest absolute Gasteiger partial charge is 0.457 e. The van der Waals surface area contributed by atoms with Crippen molar-refractivity contribution in [3.05, 3.63) is 82.0 Å². The van der Waals surface area contributed by atoms with Gasteiger partial charge in [0.1, 0.15) is 11.5 Å². The van der Waals surface area contributed by atoms with Gasteiger partial charge in [0.25, 0.3) is 5.91 Å². The van der Waals surface area contributed by atoms with E-state index in [1.54, 1.807) is 24.3 Å². The SMILES string of the molecule is Cc1ccc(-c2ccc(/C=C3\C(=O)N(c4ccccc4)N=C3C(F)(F)F)o2)c(Br)c1. The Morgan fingerprint density at radius 3 is 2.47 bits per heavy atom. The van der Waals surface area contributed by atoms with Crippen LogP contribution in [0.1, 0.15) is 11.3 Å². The van der Waals surface area contributed by atoms with E-state index in [9.17, 15) is 18.0 Å². The number of aryl methyl sites for hydroxylation is 1. The number of amides is 1. The Labute approximate surface area is 178 Å². The second-order valence-electron chi connectivity index (χ2n) is 6.64. The van der Waals surface area contributed by atoms with E-state index in [1.807, 2.05) is 25.1 Å². The minimum absolute atomic E-state index is 0.118. The topological polar surface area (TPSA) is 45.8 Å². The molecule has 0 saturated heterocycles. The standard InChI is InChI=1S/C22H14BrF3N2O2/c1-13-7-9-16(18(23)11-13)19-10-8-15(30-19)12-17-20(22(24,25)26)27-28(21(17)29)14-5-3-2-4-6-14/h2-12H,1H3/b17-12-. The number of hydrazone groups is 1. The fraction of sp³-hybridized carbons (Fsp3) is 0.0909. The molecule has 0 aliphatic carbocycles. The van der Waals surface area contributed by atoms with E-state index in [4.69, 9.17) is 4.42 Å². The highest BCUT2D eigenvalue weighted by atomic mass is 79.9. The van der Waals surface area contributed by atoms with E-state index in [2.05, 4.69) is 21.0 Å². The highest BCUT2D eigenvalue weighted by Gasteiger charge is 2.47. The molecule has 2 heterocycles.